The first-order valence-corrected chi connectivity index (χ1v) is 8.28. The summed E-state index contributed by atoms with van der Waals surface area (Å²) >= 11 is 11.9. The van der Waals surface area contributed by atoms with Crippen LogP contribution >= 0.6 is 23.2 Å². The first-order valence-electron chi connectivity index (χ1n) is 6.09. The average molecular weight is 323 g/mol. The molecule has 4 nitrogen and oxygen atoms in total. The van der Waals surface area contributed by atoms with Crippen LogP contribution in [0.15, 0.2) is 23.1 Å². The molecule has 1 fully saturated rings. The molecule has 0 aromatic heterocycles. The Balaban J connectivity index is 2.39. The van der Waals surface area contributed by atoms with Crippen molar-refractivity contribution < 1.29 is 8.42 Å². The largest absolute Gasteiger partial charge is 0.318 e. The lowest BCUT2D eigenvalue weighted by atomic mass is 10.2. The number of likely N-dealkylation sites (N-methyl/N-ethyl adjacent to an activating group) is 1. The van der Waals surface area contributed by atoms with Gasteiger partial charge in [-0.15, -0.1) is 0 Å². The SMILES string of the molecule is CNCC1CCCN1S(=O)(=O)c1cccc(Cl)c1Cl. The van der Waals surface area contributed by atoms with Crippen molar-refractivity contribution in [2.75, 3.05) is 20.1 Å². The van der Waals surface area contributed by atoms with Gasteiger partial charge in [0.2, 0.25) is 10.0 Å². The molecule has 1 aliphatic rings. The number of hydrogen-bond acceptors (Lipinski definition) is 3. The molecule has 1 aromatic carbocycles. The van der Waals surface area contributed by atoms with E-state index in [2.05, 4.69) is 5.32 Å². The van der Waals surface area contributed by atoms with Crippen LogP contribution in [0, 0.1) is 0 Å². The summed E-state index contributed by atoms with van der Waals surface area (Å²) in [7, 11) is -1.77. The van der Waals surface area contributed by atoms with E-state index in [1.54, 1.807) is 12.1 Å². The second-order valence-electron chi connectivity index (χ2n) is 4.52. The van der Waals surface area contributed by atoms with Crippen LogP contribution in [-0.4, -0.2) is 38.9 Å². The first-order chi connectivity index (χ1) is 8.98. The molecule has 19 heavy (non-hydrogen) atoms. The second-order valence-corrected chi connectivity index (χ2v) is 7.17. The highest BCUT2D eigenvalue weighted by Gasteiger charge is 2.36. The number of rotatable bonds is 4. The predicted octanol–water partition coefficient (Wildman–Crippen LogP) is 2.37. The van der Waals surface area contributed by atoms with Crippen LogP contribution in [0.2, 0.25) is 10.0 Å². The zero-order chi connectivity index (χ0) is 14.0. The molecule has 1 unspecified atom stereocenters. The molecule has 0 radical (unpaired) electrons. The summed E-state index contributed by atoms with van der Waals surface area (Å²) in [5.74, 6) is 0. The molecule has 1 N–H and O–H groups in total. The van der Waals surface area contributed by atoms with Crippen molar-refractivity contribution in [3.8, 4) is 0 Å². The van der Waals surface area contributed by atoms with E-state index in [1.165, 1.54) is 10.4 Å². The average Bonchev–Trinajstić information content (AvgIpc) is 2.82. The fraction of sp³-hybridized carbons (Fsp3) is 0.500. The number of halogens is 2. The third kappa shape index (κ3) is 2.90. The van der Waals surface area contributed by atoms with Crippen molar-refractivity contribution in [1.82, 2.24) is 9.62 Å². The molecule has 1 saturated heterocycles. The topological polar surface area (TPSA) is 49.4 Å². The molecule has 0 saturated carbocycles. The fourth-order valence-electron chi connectivity index (χ4n) is 2.37. The summed E-state index contributed by atoms with van der Waals surface area (Å²) in [6.07, 6.45) is 1.72. The maximum atomic E-state index is 12.6. The molecular weight excluding hydrogens is 307 g/mol. The Morgan fingerprint density at radius 3 is 2.84 bits per heavy atom. The number of nitrogens with zero attached hydrogens (tertiary/aromatic N) is 1. The minimum atomic E-state index is -3.59. The van der Waals surface area contributed by atoms with E-state index in [0.29, 0.717) is 13.1 Å². The number of nitrogens with one attached hydrogen (secondary N) is 1. The van der Waals surface area contributed by atoms with Gasteiger partial charge in [0.05, 0.1) is 10.0 Å². The maximum absolute atomic E-state index is 12.6. The van der Waals surface area contributed by atoms with Gasteiger partial charge in [-0.2, -0.15) is 4.31 Å². The Bertz CT molecular complexity index is 563. The lowest BCUT2D eigenvalue weighted by Gasteiger charge is -2.24. The maximum Gasteiger partial charge on any atom is 0.244 e. The van der Waals surface area contributed by atoms with Gasteiger partial charge in [-0.1, -0.05) is 29.3 Å². The highest BCUT2D eigenvalue weighted by Crippen LogP contribution is 2.33. The molecular formula is C12H16Cl2N2O2S. The minimum absolute atomic E-state index is 0.0231. The molecule has 0 aliphatic carbocycles. The number of sulfonamides is 1. The quantitative estimate of drug-likeness (QED) is 0.925. The van der Waals surface area contributed by atoms with Gasteiger partial charge >= 0.3 is 0 Å². The van der Waals surface area contributed by atoms with Gasteiger partial charge in [0.1, 0.15) is 4.90 Å². The van der Waals surface area contributed by atoms with Gasteiger partial charge in [0.25, 0.3) is 0 Å². The summed E-state index contributed by atoms with van der Waals surface area (Å²) < 4.78 is 26.8. The Hall–Kier alpha value is -0.330. The Kier molecular flexibility index (Phi) is 4.74. The summed E-state index contributed by atoms with van der Waals surface area (Å²) in [5, 5.41) is 3.38. The fourth-order valence-corrected chi connectivity index (χ4v) is 4.81. The van der Waals surface area contributed by atoms with Crippen LogP contribution in [0.3, 0.4) is 0 Å². The number of benzene rings is 1. The van der Waals surface area contributed by atoms with Gasteiger partial charge in [-0.25, -0.2) is 8.42 Å². The van der Waals surface area contributed by atoms with Crippen molar-refractivity contribution >= 4 is 33.2 Å². The lowest BCUT2D eigenvalue weighted by Crippen LogP contribution is -2.40. The zero-order valence-electron chi connectivity index (χ0n) is 10.6. The van der Waals surface area contributed by atoms with E-state index < -0.39 is 10.0 Å². The van der Waals surface area contributed by atoms with Gasteiger partial charge < -0.3 is 5.32 Å². The molecule has 7 heteroatoms. The van der Waals surface area contributed by atoms with Gasteiger partial charge in [-0.05, 0) is 32.0 Å². The highest BCUT2D eigenvalue weighted by molar-refractivity contribution is 7.89. The van der Waals surface area contributed by atoms with E-state index in [-0.39, 0.29) is 21.0 Å². The zero-order valence-corrected chi connectivity index (χ0v) is 12.9. The molecule has 2 rings (SSSR count). The molecule has 0 bridgehead atoms. The second kappa shape index (κ2) is 5.97. The highest BCUT2D eigenvalue weighted by atomic mass is 35.5. The Morgan fingerprint density at radius 1 is 1.42 bits per heavy atom. The predicted molar refractivity (Wildman–Crippen MR) is 77.3 cm³/mol. The van der Waals surface area contributed by atoms with Crippen LogP contribution in [0.1, 0.15) is 12.8 Å². The van der Waals surface area contributed by atoms with E-state index >= 15 is 0 Å². The monoisotopic (exact) mass is 322 g/mol. The summed E-state index contributed by atoms with van der Waals surface area (Å²) in [6, 6.07) is 4.66. The van der Waals surface area contributed by atoms with Gasteiger partial charge in [-0.3, -0.25) is 0 Å². The molecule has 0 spiro atoms. The molecule has 1 heterocycles. The Morgan fingerprint density at radius 2 is 2.16 bits per heavy atom. The lowest BCUT2D eigenvalue weighted by molar-refractivity contribution is 0.379. The molecule has 1 aromatic rings. The van der Waals surface area contributed by atoms with E-state index in [0.717, 1.165) is 12.8 Å². The molecule has 1 atom stereocenters. The molecule has 0 amide bonds. The normalized spacial score (nSPS) is 20.9. The van der Waals surface area contributed by atoms with Crippen LogP contribution in [0.4, 0.5) is 0 Å². The van der Waals surface area contributed by atoms with Crippen LogP contribution in [0.25, 0.3) is 0 Å². The van der Waals surface area contributed by atoms with Gasteiger partial charge in [0, 0.05) is 19.1 Å². The van der Waals surface area contributed by atoms with Crippen molar-refractivity contribution in [1.29, 1.82) is 0 Å². The van der Waals surface area contributed by atoms with Crippen molar-refractivity contribution in [2.24, 2.45) is 0 Å². The molecule has 106 valence electrons. The van der Waals surface area contributed by atoms with Crippen molar-refractivity contribution in [2.45, 2.75) is 23.8 Å². The van der Waals surface area contributed by atoms with Gasteiger partial charge in [0.15, 0.2) is 0 Å². The first kappa shape index (κ1) is 15.1. The minimum Gasteiger partial charge on any atom is -0.318 e. The standard InChI is InChI=1S/C12H16Cl2N2O2S/c1-15-8-9-4-3-7-16(9)19(17,18)11-6-2-5-10(13)12(11)14/h2,5-6,9,15H,3-4,7-8H2,1H3. The van der Waals surface area contributed by atoms with Crippen LogP contribution in [0.5, 0.6) is 0 Å². The van der Waals surface area contributed by atoms with Crippen molar-refractivity contribution in [3.63, 3.8) is 0 Å². The summed E-state index contributed by atoms with van der Waals surface area (Å²) in [5.41, 5.74) is 0. The third-order valence-electron chi connectivity index (χ3n) is 3.27. The summed E-state index contributed by atoms with van der Waals surface area (Å²) in [6.45, 7) is 1.16. The van der Waals surface area contributed by atoms with Crippen LogP contribution in [-0.2, 0) is 10.0 Å². The third-order valence-corrected chi connectivity index (χ3v) is 6.19. The molecule has 1 aliphatic heterocycles. The Labute approximate surface area is 123 Å². The smallest absolute Gasteiger partial charge is 0.244 e. The van der Waals surface area contributed by atoms with E-state index in [9.17, 15) is 8.42 Å². The number of hydrogen-bond donors (Lipinski definition) is 1. The van der Waals surface area contributed by atoms with E-state index in [1.807, 2.05) is 7.05 Å². The van der Waals surface area contributed by atoms with Crippen molar-refractivity contribution in [3.05, 3.63) is 28.2 Å². The van der Waals surface area contributed by atoms with Crippen LogP contribution < -0.4 is 5.32 Å². The van der Waals surface area contributed by atoms with E-state index in [4.69, 9.17) is 23.2 Å². The summed E-state index contributed by atoms with van der Waals surface area (Å²) in [4.78, 5) is 0.0877.